The first-order chi connectivity index (χ1) is 9.81. The smallest absolute Gasteiger partial charge is 0.363 e. The van der Waals surface area contributed by atoms with Crippen molar-refractivity contribution in [1.29, 1.82) is 0 Å². The van der Waals surface area contributed by atoms with Crippen molar-refractivity contribution in [2.45, 2.75) is 4.90 Å². The van der Waals surface area contributed by atoms with Gasteiger partial charge in [-0.1, -0.05) is 6.07 Å². The van der Waals surface area contributed by atoms with Crippen LogP contribution in [0.3, 0.4) is 0 Å². The number of hydrogen-bond donors (Lipinski definition) is 2. The lowest BCUT2D eigenvalue weighted by molar-refractivity contribution is -0.389. The highest BCUT2D eigenvalue weighted by atomic mass is 79.9. The van der Waals surface area contributed by atoms with Crippen LogP contribution in [0, 0.1) is 10.1 Å². The van der Waals surface area contributed by atoms with Crippen molar-refractivity contribution < 1.29 is 18.4 Å². The molecule has 0 saturated heterocycles. The predicted octanol–water partition coefficient (Wildman–Crippen LogP) is 2.26. The van der Waals surface area contributed by atoms with E-state index in [1.165, 1.54) is 12.1 Å². The molecule has 21 heavy (non-hydrogen) atoms. The van der Waals surface area contributed by atoms with Gasteiger partial charge in [-0.3, -0.25) is 4.72 Å². The molecule has 0 aliphatic heterocycles. The van der Waals surface area contributed by atoms with Crippen LogP contribution in [-0.4, -0.2) is 23.4 Å². The quantitative estimate of drug-likeness (QED) is 0.481. The number of phenolic OH excluding ortho intramolecular Hbond substituents is 1. The number of anilines is 1. The fourth-order valence-electron chi connectivity index (χ4n) is 1.44. The zero-order valence-electron chi connectivity index (χ0n) is 10.2. The van der Waals surface area contributed by atoms with Crippen LogP contribution in [0.25, 0.3) is 0 Å². The highest BCUT2D eigenvalue weighted by Gasteiger charge is 2.20. The van der Waals surface area contributed by atoms with E-state index in [-0.39, 0.29) is 16.3 Å². The van der Waals surface area contributed by atoms with Gasteiger partial charge in [-0.2, -0.15) is 0 Å². The van der Waals surface area contributed by atoms with Crippen molar-refractivity contribution in [1.82, 2.24) is 4.98 Å². The number of nitrogens with one attached hydrogen (secondary N) is 1. The number of nitrogens with zero attached hydrogens (tertiary/aromatic N) is 2. The average molecular weight is 374 g/mol. The molecule has 0 amide bonds. The van der Waals surface area contributed by atoms with Gasteiger partial charge in [0.25, 0.3) is 10.0 Å². The van der Waals surface area contributed by atoms with Crippen molar-refractivity contribution in [3.8, 4) is 5.75 Å². The lowest BCUT2D eigenvalue weighted by atomic mass is 10.3. The maximum Gasteiger partial charge on any atom is 0.363 e. The minimum atomic E-state index is -4.01. The molecule has 0 fully saturated rings. The van der Waals surface area contributed by atoms with Crippen molar-refractivity contribution in [2.75, 3.05) is 4.72 Å². The summed E-state index contributed by atoms with van der Waals surface area (Å²) in [7, 11) is -4.01. The van der Waals surface area contributed by atoms with Gasteiger partial charge in [0.2, 0.25) is 0 Å². The second kappa shape index (κ2) is 5.66. The second-order valence-electron chi connectivity index (χ2n) is 3.85. The van der Waals surface area contributed by atoms with Crippen LogP contribution < -0.4 is 4.72 Å². The summed E-state index contributed by atoms with van der Waals surface area (Å²) < 4.78 is 26.7. The maximum atomic E-state index is 12.1. The number of sulfonamides is 1. The van der Waals surface area contributed by atoms with Gasteiger partial charge in [0, 0.05) is 6.07 Å². The van der Waals surface area contributed by atoms with E-state index in [0.717, 1.165) is 18.3 Å². The largest absolute Gasteiger partial charge is 0.505 e. The Labute approximate surface area is 127 Å². The molecule has 1 aromatic heterocycles. The Balaban J connectivity index is 2.34. The number of para-hydroxylation sites is 1. The van der Waals surface area contributed by atoms with Crippen molar-refractivity contribution in [3.05, 3.63) is 51.1 Å². The van der Waals surface area contributed by atoms with Crippen molar-refractivity contribution in [3.63, 3.8) is 0 Å². The van der Waals surface area contributed by atoms with E-state index >= 15 is 0 Å². The standard InChI is InChI=1S/C11H8BrN3O5S/c12-8-2-1-3-9(11(8)16)14-21(19,20)7-4-5-10(13-6-7)15(17)18/h1-6,14,16H. The van der Waals surface area contributed by atoms with Crippen LogP contribution in [0.2, 0.25) is 0 Å². The molecular formula is C11H8BrN3O5S. The molecule has 110 valence electrons. The summed E-state index contributed by atoms with van der Waals surface area (Å²) in [5.41, 5.74) is -0.0253. The van der Waals surface area contributed by atoms with E-state index in [9.17, 15) is 23.6 Å². The van der Waals surface area contributed by atoms with Crippen LogP contribution in [-0.2, 0) is 10.0 Å². The Kier molecular flexibility index (Phi) is 4.09. The molecule has 8 nitrogen and oxygen atoms in total. The Hall–Kier alpha value is -2.20. The predicted molar refractivity (Wildman–Crippen MR) is 77.5 cm³/mol. The first kappa shape index (κ1) is 15.2. The number of benzene rings is 1. The third-order valence-electron chi connectivity index (χ3n) is 2.45. The summed E-state index contributed by atoms with van der Waals surface area (Å²) in [5, 5.41) is 20.2. The number of nitro groups is 1. The molecule has 1 aromatic carbocycles. The van der Waals surface area contributed by atoms with E-state index in [1.54, 1.807) is 6.07 Å². The van der Waals surface area contributed by atoms with Gasteiger partial charge in [0.15, 0.2) is 11.9 Å². The molecule has 0 atom stereocenters. The molecule has 2 rings (SSSR count). The van der Waals surface area contributed by atoms with Crippen LogP contribution in [0.1, 0.15) is 0 Å². The van der Waals surface area contributed by atoms with Gasteiger partial charge in [0.1, 0.15) is 4.90 Å². The molecule has 0 saturated carbocycles. The van der Waals surface area contributed by atoms with Gasteiger partial charge in [-0.15, -0.1) is 0 Å². The topological polar surface area (TPSA) is 122 Å². The van der Waals surface area contributed by atoms with E-state index in [4.69, 9.17) is 0 Å². The molecule has 2 aromatic rings. The van der Waals surface area contributed by atoms with E-state index in [0.29, 0.717) is 4.47 Å². The third-order valence-corrected chi connectivity index (χ3v) is 4.44. The summed E-state index contributed by atoms with van der Waals surface area (Å²) in [6, 6.07) is 6.49. The molecule has 0 unspecified atom stereocenters. The summed E-state index contributed by atoms with van der Waals surface area (Å²) in [5.74, 6) is -0.727. The number of hydrogen-bond acceptors (Lipinski definition) is 6. The molecule has 1 heterocycles. The number of phenols is 1. The first-order valence-electron chi connectivity index (χ1n) is 5.42. The van der Waals surface area contributed by atoms with Gasteiger partial charge >= 0.3 is 5.82 Å². The summed E-state index contributed by atoms with van der Waals surface area (Å²) in [6.07, 6.45) is 0.871. The Morgan fingerprint density at radius 2 is 2.00 bits per heavy atom. The van der Waals surface area contributed by atoms with Crippen molar-refractivity contribution in [2.24, 2.45) is 0 Å². The monoisotopic (exact) mass is 373 g/mol. The molecule has 0 spiro atoms. The molecule has 0 aliphatic rings. The maximum absolute atomic E-state index is 12.1. The van der Waals surface area contributed by atoms with Gasteiger partial charge in [0.05, 0.1) is 10.2 Å². The Morgan fingerprint density at radius 3 is 2.57 bits per heavy atom. The number of rotatable bonds is 4. The lowest BCUT2D eigenvalue weighted by Crippen LogP contribution is -2.13. The van der Waals surface area contributed by atoms with Gasteiger partial charge < -0.3 is 15.2 Å². The average Bonchev–Trinajstić information content (AvgIpc) is 2.44. The number of aromatic nitrogens is 1. The summed E-state index contributed by atoms with van der Waals surface area (Å²) in [6.45, 7) is 0. The minimum Gasteiger partial charge on any atom is -0.505 e. The molecule has 0 radical (unpaired) electrons. The van der Waals surface area contributed by atoms with Gasteiger partial charge in [-0.05, 0) is 44.0 Å². The molecule has 10 heteroatoms. The normalized spacial score (nSPS) is 11.1. The summed E-state index contributed by atoms with van der Waals surface area (Å²) >= 11 is 3.06. The van der Waals surface area contributed by atoms with Crippen molar-refractivity contribution >= 4 is 37.5 Å². The van der Waals surface area contributed by atoms with E-state index in [2.05, 4.69) is 25.6 Å². The van der Waals surface area contributed by atoms with Crippen LogP contribution in [0.15, 0.2) is 45.9 Å². The van der Waals surface area contributed by atoms with Crippen LogP contribution >= 0.6 is 15.9 Å². The number of aromatic hydroxyl groups is 1. The van der Waals surface area contributed by atoms with Gasteiger partial charge in [-0.25, -0.2) is 8.42 Å². The molecule has 2 N–H and O–H groups in total. The number of halogens is 1. The molecule has 0 aliphatic carbocycles. The minimum absolute atomic E-state index is 0.0253. The zero-order chi connectivity index (χ0) is 15.6. The number of pyridine rings is 1. The SMILES string of the molecule is O=[N+]([O-])c1ccc(S(=O)(=O)Nc2cccc(Br)c2O)cn1. The van der Waals surface area contributed by atoms with Crippen LogP contribution in [0.5, 0.6) is 5.75 Å². The first-order valence-corrected chi connectivity index (χ1v) is 7.69. The second-order valence-corrected chi connectivity index (χ2v) is 6.39. The Morgan fingerprint density at radius 1 is 1.29 bits per heavy atom. The summed E-state index contributed by atoms with van der Waals surface area (Å²) in [4.78, 5) is 12.9. The fourth-order valence-corrected chi connectivity index (χ4v) is 2.82. The zero-order valence-corrected chi connectivity index (χ0v) is 12.6. The van der Waals surface area contributed by atoms with E-state index in [1.807, 2.05) is 0 Å². The van der Waals surface area contributed by atoms with E-state index < -0.39 is 20.8 Å². The lowest BCUT2D eigenvalue weighted by Gasteiger charge is -2.09. The highest BCUT2D eigenvalue weighted by molar-refractivity contribution is 9.10. The molecule has 0 bridgehead atoms. The third kappa shape index (κ3) is 3.28. The van der Waals surface area contributed by atoms with Crippen LogP contribution in [0.4, 0.5) is 11.5 Å². The Bertz CT molecular complexity index is 792. The highest BCUT2D eigenvalue weighted by Crippen LogP contribution is 2.32. The molecular weight excluding hydrogens is 366 g/mol. The fraction of sp³-hybridized carbons (Fsp3) is 0.